The average Bonchev–Trinajstić information content (AvgIpc) is 2.16. The van der Waals surface area contributed by atoms with Crippen molar-refractivity contribution in [2.75, 3.05) is 13.2 Å². The molecule has 0 radical (unpaired) electrons. The van der Waals surface area contributed by atoms with E-state index in [0.717, 1.165) is 31.6 Å². The fraction of sp³-hybridized carbons (Fsp3) is 1.00. The van der Waals surface area contributed by atoms with Gasteiger partial charge in [0.1, 0.15) is 0 Å². The molecule has 1 unspecified atom stereocenters. The van der Waals surface area contributed by atoms with E-state index in [0.29, 0.717) is 18.6 Å². The molecule has 0 aliphatic heterocycles. The van der Waals surface area contributed by atoms with Crippen molar-refractivity contribution >= 4 is 0 Å². The summed E-state index contributed by atoms with van der Waals surface area (Å²) in [6.45, 7) is 2.93. The Morgan fingerprint density at radius 2 is 1.69 bits per heavy atom. The largest absolute Gasteiger partial charge is 0.396 e. The van der Waals surface area contributed by atoms with E-state index in [1.165, 1.54) is 12.8 Å². The molecule has 0 spiro atoms. The molecule has 1 aliphatic rings. The zero-order valence-corrected chi connectivity index (χ0v) is 8.63. The van der Waals surface area contributed by atoms with E-state index in [2.05, 4.69) is 6.92 Å². The molecule has 1 rings (SSSR count). The zero-order valence-electron chi connectivity index (χ0n) is 8.63. The SMILES string of the molecule is CC1CCC1(CCCO)CCCO. The second kappa shape index (κ2) is 4.97. The highest BCUT2D eigenvalue weighted by Crippen LogP contribution is 2.52. The van der Waals surface area contributed by atoms with E-state index in [-0.39, 0.29) is 0 Å². The maximum absolute atomic E-state index is 8.81. The lowest BCUT2D eigenvalue weighted by atomic mass is 9.57. The lowest BCUT2D eigenvalue weighted by Gasteiger charge is -2.49. The van der Waals surface area contributed by atoms with Crippen LogP contribution in [-0.4, -0.2) is 23.4 Å². The van der Waals surface area contributed by atoms with Gasteiger partial charge in [-0.1, -0.05) is 6.92 Å². The van der Waals surface area contributed by atoms with Crippen LogP contribution in [0.25, 0.3) is 0 Å². The molecular formula is C11H22O2. The molecule has 1 aliphatic carbocycles. The summed E-state index contributed by atoms with van der Waals surface area (Å²) in [6, 6.07) is 0. The first-order valence-corrected chi connectivity index (χ1v) is 5.47. The number of aliphatic hydroxyl groups is 2. The predicted octanol–water partition coefficient (Wildman–Crippen LogP) is 1.95. The number of aliphatic hydroxyl groups excluding tert-OH is 2. The van der Waals surface area contributed by atoms with Crippen LogP contribution in [0.4, 0.5) is 0 Å². The maximum Gasteiger partial charge on any atom is 0.0431 e. The molecule has 0 aromatic rings. The normalized spacial score (nSPS) is 25.6. The first kappa shape index (κ1) is 11.0. The predicted molar refractivity (Wildman–Crippen MR) is 53.5 cm³/mol. The molecule has 1 fully saturated rings. The summed E-state index contributed by atoms with van der Waals surface area (Å²) in [5, 5.41) is 17.6. The van der Waals surface area contributed by atoms with Gasteiger partial charge in [-0.25, -0.2) is 0 Å². The third kappa shape index (κ3) is 2.44. The molecular weight excluding hydrogens is 164 g/mol. The Balaban J connectivity index is 2.35. The van der Waals surface area contributed by atoms with Crippen LogP contribution in [0.1, 0.15) is 45.4 Å². The topological polar surface area (TPSA) is 40.5 Å². The second-order valence-corrected chi connectivity index (χ2v) is 4.46. The minimum atomic E-state index is 0.313. The molecule has 0 heterocycles. The van der Waals surface area contributed by atoms with Gasteiger partial charge in [-0.2, -0.15) is 0 Å². The highest BCUT2D eigenvalue weighted by molar-refractivity contribution is 4.92. The third-order valence-corrected chi connectivity index (χ3v) is 3.79. The van der Waals surface area contributed by atoms with Crippen molar-refractivity contribution in [1.29, 1.82) is 0 Å². The average molecular weight is 186 g/mol. The number of hydrogen-bond acceptors (Lipinski definition) is 2. The minimum absolute atomic E-state index is 0.313. The van der Waals surface area contributed by atoms with Crippen LogP contribution in [0, 0.1) is 11.3 Å². The van der Waals surface area contributed by atoms with Gasteiger partial charge in [0.15, 0.2) is 0 Å². The Hall–Kier alpha value is -0.0800. The van der Waals surface area contributed by atoms with Crippen molar-refractivity contribution in [3.8, 4) is 0 Å². The molecule has 1 saturated carbocycles. The van der Waals surface area contributed by atoms with Crippen molar-refractivity contribution in [1.82, 2.24) is 0 Å². The minimum Gasteiger partial charge on any atom is -0.396 e. The summed E-state index contributed by atoms with van der Waals surface area (Å²) < 4.78 is 0. The molecule has 0 aromatic carbocycles. The molecule has 2 N–H and O–H groups in total. The summed E-state index contributed by atoms with van der Waals surface area (Å²) in [6.07, 6.45) is 6.77. The number of hydrogen-bond donors (Lipinski definition) is 2. The number of rotatable bonds is 6. The lowest BCUT2D eigenvalue weighted by Crippen LogP contribution is -2.38. The van der Waals surface area contributed by atoms with Crippen molar-refractivity contribution in [3.63, 3.8) is 0 Å². The first-order chi connectivity index (χ1) is 6.25. The van der Waals surface area contributed by atoms with Crippen LogP contribution in [0.3, 0.4) is 0 Å². The Kier molecular flexibility index (Phi) is 4.20. The molecule has 1 atom stereocenters. The summed E-state index contributed by atoms with van der Waals surface area (Å²) in [5.74, 6) is 0.797. The Labute approximate surface area is 81.0 Å². The van der Waals surface area contributed by atoms with Crippen LogP contribution in [0.2, 0.25) is 0 Å². The monoisotopic (exact) mass is 186 g/mol. The van der Waals surface area contributed by atoms with Gasteiger partial charge in [0.2, 0.25) is 0 Å². The smallest absolute Gasteiger partial charge is 0.0431 e. The van der Waals surface area contributed by atoms with E-state index >= 15 is 0 Å². The van der Waals surface area contributed by atoms with Crippen LogP contribution in [0.15, 0.2) is 0 Å². The summed E-state index contributed by atoms with van der Waals surface area (Å²) in [5.41, 5.74) is 0.464. The molecule has 13 heavy (non-hydrogen) atoms. The zero-order chi connectivity index (χ0) is 9.73. The van der Waals surface area contributed by atoms with E-state index in [9.17, 15) is 0 Å². The fourth-order valence-corrected chi connectivity index (χ4v) is 2.57. The van der Waals surface area contributed by atoms with E-state index < -0.39 is 0 Å². The van der Waals surface area contributed by atoms with Crippen molar-refractivity contribution in [2.24, 2.45) is 11.3 Å². The van der Waals surface area contributed by atoms with Gasteiger partial charge in [0.25, 0.3) is 0 Å². The van der Waals surface area contributed by atoms with Crippen LogP contribution in [0.5, 0.6) is 0 Å². The van der Waals surface area contributed by atoms with Gasteiger partial charge in [-0.05, 0) is 49.9 Å². The third-order valence-electron chi connectivity index (χ3n) is 3.79. The highest BCUT2D eigenvalue weighted by Gasteiger charge is 2.42. The summed E-state index contributed by atoms with van der Waals surface area (Å²) >= 11 is 0. The quantitative estimate of drug-likeness (QED) is 0.665. The molecule has 0 aromatic heterocycles. The fourth-order valence-electron chi connectivity index (χ4n) is 2.57. The van der Waals surface area contributed by atoms with E-state index in [1.807, 2.05) is 0 Å². The first-order valence-electron chi connectivity index (χ1n) is 5.47. The molecule has 0 saturated heterocycles. The Morgan fingerprint density at radius 1 is 1.15 bits per heavy atom. The van der Waals surface area contributed by atoms with Crippen LogP contribution < -0.4 is 0 Å². The van der Waals surface area contributed by atoms with E-state index in [4.69, 9.17) is 10.2 Å². The van der Waals surface area contributed by atoms with Crippen molar-refractivity contribution in [2.45, 2.75) is 45.4 Å². The van der Waals surface area contributed by atoms with Gasteiger partial charge < -0.3 is 10.2 Å². The van der Waals surface area contributed by atoms with Gasteiger partial charge in [0, 0.05) is 13.2 Å². The molecule has 2 nitrogen and oxygen atoms in total. The van der Waals surface area contributed by atoms with Crippen molar-refractivity contribution < 1.29 is 10.2 Å². The molecule has 0 bridgehead atoms. The molecule has 2 heteroatoms. The molecule has 0 amide bonds. The van der Waals surface area contributed by atoms with Gasteiger partial charge in [0.05, 0.1) is 0 Å². The summed E-state index contributed by atoms with van der Waals surface area (Å²) in [7, 11) is 0. The van der Waals surface area contributed by atoms with Gasteiger partial charge >= 0.3 is 0 Å². The highest BCUT2D eigenvalue weighted by atomic mass is 16.3. The van der Waals surface area contributed by atoms with Gasteiger partial charge in [-0.15, -0.1) is 0 Å². The van der Waals surface area contributed by atoms with Crippen LogP contribution in [-0.2, 0) is 0 Å². The lowest BCUT2D eigenvalue weighted by molar-refractivity contribution is 0.0108. The second-order valence-electron chi connectivity index (χ2n) is 4.46. The molecule has 78 valence electrons. The Bertz CT molecular complexity index is 137. The summed E-state index contributed by atoms with van der Waals surface area (Å²) in [4.78, 5) is 0. The Morgan fingerprint density at radius 3 is 1.92 bits per heavy atom. The maximum atomic E-state index is 8.81. The van der Waals surface area contributed by atoms with E-state index in [1.54, 1.807) is 0 Å². The van der Waals surface area contributed by atoms with Crippen LogP contribution >= 0.6 is 0 Å². The van der Waals surface area contributed by atoms with Gasteiger partial charge in [-0.3, -0.25) is 0 Å². The van der Waals surface area contributed by atoms with Crippen molar-refractivity contribution in [3.05, 3.63) is 0 Å². The standard InChI is InChI=1S/C11H22O2/c1-10-4-7-11(10,5-2-8-12)6-3-9-13/h10,12-13H,2-9H2,1H3.